The molecule has 1 aliphatic rings. The summed E-state index contributed by atoms with van der Waals surface area (Å²) in [4.78, 5) is 19.1. The molecule has 4 heterocycles. The summed E-state index contributed by atoms with van der Waals surface area (Å²) in [5.74, 6) is -0.861. The molecule has 3 aromatic heterocycles. The molecule has 0 saturated carbocycles. The predicted octanol–water partition coefficient (Wildman–Crippen LogP) is 5.12. The van der Waals surface area contributed by atoms with Crippen molar-refractivity contribution in [3.63, 3.8) is 0 Å². The zero-order valence-corrected chi connectivity index (χ0v) is 16.5. The van der Waals surface area contributed by atoms with E-state index in [0.717, 1.165) is 12.3 Å². The summed E-state index contributed by atoms with van der Waals surface area (Å²) in [6, 6.07) is 9.48. The van der Waals surface area contributed by atoms with E-state index >= 15 is 0 Å². The van der Waals surface area contributed by atoms with Crippen LogP contribution in [0.25, 0.3) is 17.1 Å². The van der Waals surface area contributed by atoms with Crippen molar-refractivity contribution < 1.29 is 26.8 Å². The normalized spacial score (nSPS) is 16.8. The molecule has 6 nitrogen and oxygen atoms in total. The van der Waals surface area contributed by atoms with Crippen molar-refractivity contribution in [3.05, 3.63) is 77.6 Å². The minimum atomic E-state index is -4.74. The predicted molar refractivity (Wildman–Crippen MR) is 105 cm³/mol. The van der Waals surface area contributed by atoms with Crippen LogP contribution >= 0.6 is 0 Å². The van der Waals surface area contributed by atoms with E-state index in [2.05, 4.69) is 10.1 Å². The molecule has 164 valence electrons. The van der Waals surface area contributed by atoms with Crippen molar-refractivity contribution in [3.8, 4) is 11.5 Å². The third kappa shape index (κ3) is 3.31. The SMILES string of the molecule is O=C(c1cnn2c(C(F)(F)F)cc(-c3ccco3)nc12)N1CCC[C@@H]1c1ccccc1F. The Morgan fingerprint density at radius 3 is 2.69 bits per heavy atom. The van der Waals surface area contributed by atoms with Gasteiger partial charge in [-0.15, -0.1) is 0 Å². The summed E-state index contributed by atoms with van der Waals surface area (Å²) >= 11 is 0. The molecule has 5 rings (SSSR count). The molecule has 32 heavy (non-hydrogen) atoms. The molecule has 4 aromatic rings. The van der Waals surface area contributed by atoms with Crippen molar-refractivity contribution in [1.82, 2.24) is 19.5 Å². The Morgan fingerprint density at radius 1 is 1.16 bits per heavy atom. The van der Waals surface area contributed by atoms with Crippen LogP contribution in [-0.2, 0) is 6.18 Å². The van der Waals surface area contributed by atoms with Gasteiger partial charge in [0, 0.05) is 12.1 Å². The second kappa shape index (κ2) is 7.47. The number of carbonyl (C=O) groups excluding carboxylic acids is 1. The van der Waals surface area contributed by atoms with E-state index in [-0.39, 0.29) is 22.7 Å². The number of benzene rings is 1. The number of alkyl halides is 3. The third-order valence-corrected chi connectivity index (χ3v) is 5.54. The second-order valence-electron chi connectivity index (χ2n) is 7.47. The zero-order valence-electron chi connectivity index (χ0n) is 16.5. The van der Waals surface area contributed by atoms with Gasteiger partial charge in [-0.05, 0) is 37.1 Å². The Labute approximate surface area is 179 Å². The highest BCUT2D eigenvalue weighted by Crippen LogP contribution is 2.36. The summed E-state index contributed by atoms with van der Waals surface area (Å²) in [6.45, 7) is 0.346. The zero-order chi connectivity index (χ0) is 22.5. The van der Waals surface area contributed by atoms with Gasteiger partial charge in [0.05, 0.1) is 18.5 Å². The van der Waals surface area contributed by atoms with Gasteiger partial charge in [-0.2, -0.15) is 18.3 Å². The van der Waals surface area contributed by atoms with Crippen molar-refractivity contribution >= 4 is 11.6 Å². The maximum atomic E-state index is 14.4. The van der Waals surface area contributed by atoms with Crippen LogP contribution in [-0.4, -0.2) is 31.9 Å². The Balaban J connectivity index is 1.62. The number of halogens is 4. The molecular formula is C22H16F4N4O2. The van der Waals surface area contributed by atoms with Crippen LogP contribution < -0.4 is 0 Å². The van der Waals surface area contributed by atoms with E-state index in [1.165, 1.54) is 29.4 Å². The highest BCUT2D eigenvalue weighted by molar-refractivity contribution is 6.00. The first-order valence-electron chi connectivity index (χ1n) is 9.90. The summed E-state index contributed by atoms with van der Waals surface area (Å²) in [7, 11) is 0. The standard InChI is InChI=1S/C22H16F4N4O2/c23-15-6-2-1-5-13(15)17-7-3-9-29(17)21(31)14-12-27-30-19(22(24,25)26)11-16(28-20(14)30)18-8-4-10-32-18/h1-2,4-6,8,10-12,17H,3,7,9H2/t17-/m1/s1. The van der Waals surface area contributed by atoms with Crippen LogP contribution in [0.3, 0.4) is 0 Å². The number of aromatic nitrogens is 3. The highest BCUT2D eigenvalue weighted by Gasteiger charge is 2.38. The molecule has 1 fully saturated rings. The van der Waals surface area contributed by atoms with Crippen molar-refractivity contribution in [1.29, 1.82) is 0 Å². The minimum absolute atomic E-state index is 0.0727. The molecule has 0 aliphatic carbocycles. The smallest absolute Gasteiger partial charge is 0.433 e. The monoisotopic (exact) mass is 444 g/mol. The van der Waals surface area contributed by atoms with Crippen molar-refractivity contribution in [2.75, 3.05) is 6.54 Å². The molecule has 10 heteroatoms. The molecule has 0 bridgehead atoms. The number of nitrogens with zero attached hydrogens (tertiary/aromatic N) is 4. The Morgan fingerprint density at radius 2 is 1.97 bits per heavy atom. The van der Waals surface area contributed by atoms with Gasteiger partial charge in [0.1, 0.15) is 17.1 Å². The second-order valence-corrected chi connectivity index (χ2v) is 7.47. The Hall–Kier alpha value is -3.69. The number of hydrogen-bond donors (Lipinski definition) is 0. The largest absolute Gasteiger partial charge is 0.463 e. The number of carbonyl (C=O) groups is 1. The maximum absolute atomic E-state index is 14.4. The maximum Gasteiger partial charge on any atom is 0.433 e. The molecule has 0 unspecified atom stereocenters. The Bertz CT molecular complexity index is 1300. The van der Waals surface area contributed by atoms with E-state index in [1.54, 1.807) is 18.2 Å². The quantitative estimate of drug-likeness (QED) is 0.411. The van der Waals surface area contributed by atoms with Crippen LogP contribution in [0.4, 0.5) is 17.6 Å². The van der Waals surface area contributed by atoms with Crippen LogP contribution in [0.2, 0.25) is 0 Å². The summed E-state index contributed by atoms with van der Waals surface area (Å²) in [5, 5.41) is 3.80. The van der Waals surface area contributed by atoms with E-state index in [4.69, 9.17) is 4.42 Å². The molecular weight excluding hydrogens is 428 g/mol. The lowest BCUT2D eigenvalue weighted by Gasteiger charge is -2.25. The van der Waals surface area contributed by atoms with Gasteiger partial charge in [0.2, 0.25) is 0 Å². The minimum Gasteiger partial charge on any atom is -0.463 e. The number of fused-ring (bicyclic) bond motifs is 1. The lowest BCUT2D eigenvalue weighted by atomic mass is 10.0. The molecule has 1 aliphatic heterocycles. The van der Waals surface area contributed by atoms with Gasteiger partial charge in [-0.3, -0.25) is 4.79 Å². The summed E-state index contributed by atoms with van der Waals surface area (Å²) in [5.41, 5.74) is -1.12. The lowest BCUT2D eigenvalue weighted by molar-refractivity contribution is -0.142. The van der Waals surface area contributed by atoms with Gasteiger partial charge in [-0.25, -0.2) is 13.9 Å². The fourth-order valence-electron chi connectivity index (χ4n) is 4.10. The van der Waals surface area contributed by atoms with Gasteiger partial charge >= 0.3 is 6.18 Å². The summed E-state index contributed by atoms with van der Waals surface area (Å²) < 4.78 is 61.3. The number of amides is 1. The first-order valence-corrected chi connectivity index (χ1v) is 9.90. The molecule has 0 radical (unpaired) electrons. The van der Waals surface area contributed by atoms with Crippen LogP contribution in [0, 0.1) is 5.82 Å². The van der Waals surface area contributed by atoms with Crippen LogP contribution in [0.1, 0.15) is 40.5 Å². The molecule has 0 N–H and O–H groups in total. The highest BCUT2D eigenvalue weighted by atomic mass is 19.4. The van der Waals surface area contributed by atoms with Crippen molar-refractivity contribution in [2.45, 2.75) is 25.1 Å². The molecule has 1 amide bonds. The van der Waals surface area contributed by atoms with E-state index < -0.39 is 29.6 Å². The summed E-state index contributed by atoms with van der Waals surface area (Å²) in [6.07, 6.45) is -1.16. The first kappa shape index (κ1) is 20.2. The topological polar surface area (TPSA) is 63.6 Å². The fraction of sp³-hybridized carbons (Fsp3) is 0.227. The first-order chi connectivity index (χ1) is 15.3. The number of rotatable bonds is 3. The Kier molecular flexibility index (Phi) is 4.72. The van der Waals surface area contributed by atoms with Gasteiger partial charge in [0.25, 0.3) is 5.91 Å². The number of likely N-dealkylation sites (tertiary alicyclic amines) is 1. The van der Waals surface area contributed by atoms with Crippen molar-refractivity contribution in [2.24, 2.45) is 0 Å². The van der Waals surface area contributed by atoms with E-state index in [9.17, 15) is 22.4 Å². The third-order valence-electron chi connectivity index (χ3n) is 5.54. The average Bonchev–Trinajstić information content (AvgIpc) is 3.52. The molecule has 1 saturated heterocycles. The van der Waals surface area contributed by atoms with Gasteiger partial charge in [0.15, 0.2) is 17.1 Å². The van der Waals surface area contributed by atoms with E-state index in [0.29, 0.717) is 29.5 Å². The van der Waals surface area contributed by atoms with E-state index in [1.807, 2.05) is 0 Å². The number of hydrogen-bond acceptors (Lipinski definition) is 4. The lowest BCUT2D eigenvalue weighted by Crippen LogP contribution is -2.31. The van der Waals surface area contributed by atoms with Crippen LogP contribution in [0.15, 0.2) is 59.3 Å². The number of furan rings is 1. The molecule has 1 atom stereocenters. The van der Waals surface area contributed by atoms with Gasteiger partial charge < -0.3 is 9.32 Å². The average molecular weight is 444 g/mol. The molecule has 0 spiro atoms. The van der Waals surface area contributed by atoms with Crippen LogP contribution in [0.5, 0.6) is 0 Å². The van der Waals surface area contributed by atoms with Gasteiger partial charge in [-0.1, -0.05) is 18.2 Å². The molecule has 1 aromatic carbocycles. The fourth-order valence-corrected chi connectivity index (χ4v) is 4.10.